The maximum absolute atomic E-state index is 9.23. The fourth-order valence-electron chi connectivity index (χ4n) is 2.19. The summed E-state index contributed by atoms with van der Waals surface area (Å²) in [4.78, 5) is 0. The molecule has 0 aromatic heterocycles. The first-order chi connectivity index (χ1) is 6.97. The molecule has 1 heterocycles. The molecule has 6 atom stereocenters. The first-order valence-corrected chi connectivity index (χ1v) is 6.31. The van der Waals surface area contributed by atoms with Crippen molar-refractivity contribution in [2.45, 2.75) is 45.9 Å². The van der Waals surface area contributed by atoms with Gasteiger partial charge in [0.25, 0.3) is 0 Å². The zero-order valence-electron chi connectivity index (χ0n) is 10.0. The van der Waals surface area contributed by atoms with Gasteiger partial charge in [-0.1, -0.05) is 20.7 Å². The van der Waals surface area contributed by atoms with Crippen molar-refractivity contribution in [1.29, 1.82) is 0 Å². The molecule has 0 bridgehead atoms. The second-order valence-corrected chi connectivity index (χ2v) is 5.53. The Morgan fingerprint density at radius 2 is 1.93 bits per heavy atom. The summed E-state index contributed by atoms with van der Waals surface area (Å²) in [6, 6.07) is 0. The third kappa shape index (κ3) is 3.16. The van der Waals surface area contributed by atoms with Gasteiger partial charge in [0.1, 0.15) is 0 Å². The van der Waals surface area contributed by atoms with Crippen LogP contribution in [0.4, 0.5) is 0 Å². The largest absolute Gasteiger partial charge is 0.428 e. The van der Waals surface area contributed by atoms with Crippen molar-refractivity contribution in [3.05, 3.63) is 0 Å². The van der Waals surface area contributed by atoms with Crippen molar-refractivity contribution in [2.75, 3.05) is 6.61 Å². The lowest BCUT2D eigenvalue weighted by Crippen LogP contribution is -2.51. The number of hydrogen-bond donors (Lipinski definition) is 1. The summed E-state index contributed by atoms with van der Waals surface area (Å²) in [6.45, 7) is 8.50. The summed E-state index contributed by atoms with van der Waals surface area (Å²) in [5, 5.41) is 9.23. The summed E-state index contributed by atoms with van der Waals surface area (Å²) >= 11 is 0. The van der Waals surface area contributed by atoms with Gasteiger partial charge in [0, 0.05) is 11.8 Å². The normalized spacial score (nSPS) is 41.6. The van der Waals surface area contributed by atoms with Crippen molar-refractivity contribution in [3.63, 3.8) is 0 Å². The number of hydrogen-bond acceptors (Lipinski definition) is 3. The van der Waals surface area contributed by atoms with Crippen LogP contribution in [0.1, 0.15) is 20.8 Å². The summed E-state index contributed by atoms with van der Waals surface area (Å²) in [7, 11) is 2.65. The Hall–Kier alpha value is 0.375. The molecular formula is C10H22BO3P. The molecule has 5 heteroatoms. The molecule has 0 radical (unpaired) electrons. The molecule has 1 saturated heterocycles. The highest BCUT2D eigenvalue weighted by atomic mass is 31.0. The average Bonchev–Trinajstić information content (AvgIpc) is 2.18. The predicted molar refractivity (Wildman–Crippen MR) is 65.9 cm³/mol. The molecule has 0 aliphatic carbocycles. The van der Waals surface area contributed by atoms with E-state index in [1.165, 1.54) is 0 Å². The van der Waals surface area contributed by atoms with Gasteiger partial charge in [0.05, 0.1) is 24.9 Å². The first-order valence-electron chi connectivity index (χ1n) is 5.64. The lowest BCUT2D eigenvalue weighted by molar-refractivity contribution is -0.161. The molecule has 88 valence electrons. The molecule has 0 aromatic rings. The quantitative estimate of drug-likeness (QED) is 0.590. The van der Waals surface area contributed by atoms with Crippen LogP contribution >= 0.6 is 9.12 Å². The number of ether oxygens (including phenoxy) is 1. The minimum absolute atomic E-state index is 0.0727. The van der Waals surface area contributed by atoms with Crippen LogP contribution in [-0.2, 0) is 9.39 Å². The van der Waals surface area contributed by atoms with Crippen LogP contribution in [-0.4, -0.2) is 36.7 Å². The lowest BCUT2D eigenvalue weighted by Gasteiger charge is -2.44. The van der Waals surface area contributed by atoms with E-state index in [2.05, 4.69) is 23.0 Å². The summed E-state index contributed by atoms with van der Waals surface area (Å²) in [5.41, 5.74) is 0. The third-order valence-electron chi connectivity index (χ3n) is 3.30. The molecule has 1 aliphatic rings. The highest BCUT2D eigenvalue weighted by Crippen LogP contribution is 2.32. The van der Waals surface area contributed by atoms with E-state index >= 15 is 0 Å². The van der Waals surface area contributed by atoms with E-state index in [-0.39, 0.29) is 37.5 Å². The summed E-state index contributed by atoms with van der Waals surface area (Å²) in [6.07, 6.45) is 0.218. The van der Waals surface area contributed by atoms with Crippen molar-refractivity contribution in [2.24, 2.45) is 11.8 Å². The smallest absolute Gasteiger partial charge is 0.312 e. The Labute approximate surface area is 95.2 Å². The zero-order chi connectivity index (χ0) is 11.6. The molecular weight excluding hydrogens is 210 g/mol. The van der Waals surface area contributed by atoms with Crippen molar-refractivity contribution in [1.82, 2.24) is 0 Å². The molecule has 0 aromatic carbocycles. The monoisotopic (exact) mass is 232 g/mol. The van der Waals surface area contributed by atoms with Crippen LogP contribution in [0.3, 0.4) is 0 Å². The van der Waals surface area contributed by atoms with Gasteiger partial charge in [-0.15, -0.1) is 9.12 Å². The second kappa shape index (κ2) is 5.63. The predicted octanol–water partition coefficient (Wildman–Crippen LogP) is 1.42. The number of aliphatic hydroxyl groups is 1. The van der Waals surface area contributed by atoms with E-state index in [1.807, 2.05) is 13.7 Å². The lowest BCUT2D eigenvalue weighted by atomic mass is 9.82. The van der Waals surface area contributed by atoms with E-state index in [0.29, 0.717) is 5.92 Å². The number of aliphatic hydroxyl groups excluding tert-OH is 1. The topological polar surface area (TPSA) is 38.7 Å². The van der Waals surface area contributed by atoms with Gasteiger partial charge in [-0.25, -0.2) is 0 Å². The van der Waals surface area contributed by atoms with Gasteiger partial charge in [-0.05, 0) is 6.92 Å². The molecule has 0 saturated carbocycles. The Bertz CT molecular complexity index is 203. The van der Waals surface area contributed by atoms with E-state index in [1.54, 1.807) is 0 Å². The van der Waals surface area contributed by atoms with Crippen LogP contribution in [0.25, 0.3) is 0 Å². The van der Waals surface area contributed by atoms with Gasteiger partial charge >= 0.3 is 6.64 Å². The molecule has 1 fully saturated rings. The third-order valence-corrected chi connectivity index (χ3v) is 3.46. The van der Waals surface area contributed by atoms with Crippen molar-refractivity contribution in [3.8, 4) is 0 Å². The molecule has 3 nitrogen and oxygen atoms in total. The van der Waals surface area contributed by atoms with E-state index in [9.17, 15) is 5.11 Å². The van der Waals surface area contributed by atoms with E-state index in [4.69, 9.17) is 9.39 Å². The Balaban J connectivity index is 2.70. The van der Waals surface area contributed by atoms with Crippen LogP contribution in [0.2, 0.25) is 6.82 Å². The molecule has 0 spiro atoms. The Morgan fingerprint density at radius 3 is 2.40 bits per heavy atom. The molecule has 0 amide bonds. The van der Waals surface area contributed by atoms with Gasteiger partial charge in [-0.3, -0.25) is 0 Å². The zero-order valence-corrected chi connectivity index (χ0v) is 11.2. The van der Waals surface area contributed by atoms with Gasteiger partial charge < -0.3 is 14.5 Å². The molecule has 1 rings (SSSR count). The average molecular weight is 232 g/mol. The minimum atomic E-state index is -0.0926. The minimum Gasteiger partial charge on any atom is -0.428 e. The Kier molecular flexibility index (Phi) is 5.04. The van der Waals surface area contributed by atoms with Crippen LogP contribution in [0, 0.1) is 11.8 Å². The molecule has 1 aliphatic heterocycles. The van der Waals surface area contributed by atoms with Crippen molar-refractivity contribution < 1.29 is 14.5 Å². The number of rotatable bonds is 3. The SMILES string of the molecule is CB(P)OC1C(C)C(C)OC(CO)C1C. The fourth-order valence-corrected chi connectivity index (χ4v) is 2.37. The van der Waals surface area contributed by atoms with E-state index in [0.717, 1.165) is 0 Å². The van der Waals surface area contributed by atoms with Gasteiger partial charge in [-0.2, -0.15) is 0 Å². The summed E-state index contributed by atoms with van der Waals surface area (Å²) < 4.78 is 11.6. The van der Waals surface area contributed by atoms with Crippen molar-refractivity contribution >= 4 is 15.8 Å². The fraction of sp³-hybridized carbons (Fsp3) is 1.00. The standard InChI is InChI=1S/C10H22BO3P/c1-6-8(3)13-9(5-12)7(2)10(6)14-11(4)15/h6-10,12H,5,15H2,1-4H3. The summed E-state index contributed by atoms with van der Waals surface area (Å²) in [5.74, 6) is 0.606. The van der Waals surface area contributed by atoms with Gasteiger partial charge in [0.15, 0.2) is 0 Å². The van der Waals surface area contributed by atoms with Crippen LogP contribution in [0.15, 0.2) is 0 Å². The van der Waals surface area contributed by atoms with E-state index < -0.39 is 0 Å². The highest BCUT2D eigenvalue weighted by Gasteiger charge is 2.40. The maximum Gasteiger partial charge on any atom is 0.312 e. The highest BCUT2D eigenvalue weighted by molar-refractivity contribution is 7.60. The molecule has 6 unspecified atom stereocenters. The first kappa shape index (κ1) is 13.4. The second-order valence-electron chi connectivity index (χ2n) is 4.59. The van der Waals surface area contributed by atoms with Crippen LogP contribution in [0.5, 0.6) is 0 Å². The molecule has 15 heavy (non-hydrogen) atoms. The van der Waals surface area contributed by atoms with Gasteiger partial charge in [0.2, 0.25) is 0 Å². The van der Waals surface area contributed by atoms with Crippen LogP contribution < -0.4 is 0 Å². The molecule has 1 N–H and O–H groups in total. The maximum atomic E-state index is 9.23. The Morgan fingerprint density at radius 1 is 1.33 bits per heavy atom.